The summed E-state index contributed by atoms with van der Waals surface area (Å²) in [7, 11) is 3.19. The zero-order valence-corrected chi connectivity index (χ0v) is 33.3. The largest absolute Gasteiger partial charge is 0.477 e. The maximum atomic E-state index is 12.5. The molecular formula is C40H42N16O4. The van der Waals surface area contributed by atoms with E-state index in [1.807, 2.05) is 26.0 Å². The predicted octanol–water partition coefficient (Wildman–Crippen LogP) is 7.73. The van der Waals surface area contributed by atoms with Gasteiger partial charge in [0.15, 0.2) is 46.3 Å². The minimum atomic E-state index is -1.21. The highest BCUT2D eigenvalue weighted by Gasteiger charge is 2.27. The molecule has 306 valence electrons. The fourth-order valence-corrected chi connectivity index (χ4v) is 6.55. The second-order valence-corrected chi connectivity index (χ2v) is 13.7. The van der Waals surface area contributed by atoms with Gasteiger partial charge in [-0.25, -0.2) is 28.9 Å². The highest BCUT2D eigenvalue weighted by atomic mass is 16.4. The van der Waals surface area contributed by atoms with Crippen molar-refractivity contribution in [3.8, 4) is 34.2 Å². The molecule has 20 heteroatoms. The normalized spacial score (nSPS) is 11.7. The van der Waals surface area contributed by atoms with E-state index in [1.54, 1.807) is 68.7 Å². The van der Waals surface area contributed by atoms with Gasteiger partial charge in [0, 0.05) is 31.3 Å². The molecule has 0 unspecified atom stereocenters. The van der Waals surface area contributed by atoms with Crippen molar-refractivity contribution in [2.75, 3.05) is 11.5 Å². The molecular weight excluding hydrogens is 769 g/mol. The zero-order chi connectivity index (χ0) is 42.5. The number of benzene rings is 2. The zero-order valence-electron chi connectivity index (χ0n) is 33.3. The summed E-state index contributed by atoms with van der Waals surface area (Å²) in [5.41, 5.74) is 16.5. The van der Waals surface area contributed by atoms with Crippen molar-refractivity contribution >= 4 is 46.6 Å². The van der Waals surface area contributed by atoms with E-state index >= 15 is 0 Å². The minimum absolute atomic E-state index is 0.0273. The number of carbonyl (C=O) groups is 2. The summed E-state index contributed by atoms with van der Waals surface area (Å²) in [4.78, 5) is 33.9. The van der Waals surface area contributed by atoms with Gasteiger partial charge in [0.05, 0.1) is 11.4 Å². The van der Waals surface area contributed by atoms with E-state index in [1.165, 1.54) is 25.1 Å². The standard InChI is InChI=1S/C40H42N16O4/c1-5-7-19-25-33(45-47-37-29(39(57)58)31(51-53(37)3)23-15-11-9-12-16-23)35(41)55(49-25)27-21-28(44-22-43-27)56-36(42)34(26(50-56)20-8-6-2)46-48-38-30(40(59)60)32(52-54(38)4)24-17-13-10-14-18-24/h9-18,21-22H,5-8,19-20,41-42H2,1-4H3,(H,57,58)(H,59,60)/b47-45+,48-46+. The highest BCUT2D eigenvalue weighted by molar-refractivity contribution is 6.00. The molecule has 5 aromatic heterocycles. The summed E-state index contributed by atoms with van der Waals surface area (Å²) in [5.74, 6) is -1.64. The van der Waals surface area contributed by atoms with Crippen LogP contribution in [0.15, 0.2) is 93.5 Å². The molecule has 6 N–H and O–H groups in total. The Labute approximate surface area is 343 Å². The number of anilines is 2. The first kappa shape index (κ1) is 40.3. The molecule has 0 radical (unpaired) electrons. The number of aromatic carboxylic acids is 2. The molecule has 5 heterocycles. The van der Waals surface area contributed by atoms with Gasteiger partial charge < -0.3 is 21.7 Å². The molecule has 7 rings (SSSR count). The van der Waals surface area contributed by atoms with Crippen LogP contribution in [0.1, 0.15) is 71.6 Å². The molecule has 7 aromatic rings. The second-order valence-electron chi connectivity index (χ2n) is 13.7. The van der Waals surface area contributed by atoms with Gasteiger partial charge in [-0.2, -0.15) is 29.8 Å². The lowest BCUT2D eigenvalue weighted by Crippen LogP contribution is -2.09. The Morgan fingerprint density at radius 3 is 1.38 bits per heavy atom. The SMILES string of the molecule is CCCCc1nn(-c2cc(-n3nc(CCCC)c(/N=N/c4c(C(=O)O)c(-c5ccccc5)nn4C)c3N)ncn2)c(N)c1/N=N/c1c(C(=O)O)c(-c2ccccc2)nn1C. The van der Waals surface area contributed by atoms with Crippen LogP contribution in [0.4, 0.5) is 34.6 Å². The van der Waals surface area contributed by atoms with Crippen LogP contribution >= 0.6 is 0 Å². The number of carboxylic acid groups (broad SMARTS) is 2. The van der Waals surface area contributed by atoms with E-state index in [4.69, 9.17) is 21.7 Å². The topological polar surface area (TPSA) is 273 Å². The van der Waals surface area contributed by atoms with Crippen molar-refractivity contribution in [1.82, 2.24) is 49.1 Å². The monoisotopic (exact) mass is 810 g/mol. The van der Waals surface area contributed by atoms with Gasteiger partial charge in [0.2, 0.25) is 0 Å². The quantitative estimate of drug-likeness (QED) is 0.0683. The average Bonchev–Trinajstić information content (AvgIpc) is 3.97. The Balaban J connectivity index is 1.27. The number of aromatic nitrogens is 10. The van der Waals surface area contributed by atoms with E-state index in [2.05, 4.69) is 40.6 Å². The van der Waals surface area contributed by atoms with E-state index in [-0.39, 0.29) is 68.8 Å². The lowest BCUT2D eigenvalue weighted by Gasteiger charge is -2.06. The van der Waals surface area contributed by atoms with Crippen LogP contribution in [0.2, 0.25) is 0 Å². The van der Waals surface area contributed by atoms with Crippen molar-refractivity contribution in [2.24, 2.45) is 34.6 Å². The average molecular weight is 811 g/mol. The van der Waals surface area contributed by atoms with Crippen molar-refractivity contribution in [3.05, 3.63) is 95.6 Å². The van der Waals surface area contributed by atoms with Gasteiger partial charge in [-0.1, -0.05) is 87.4 Å². The molecule has 0 bridgehead atoms. The molecule has 0 aliphatic heterocycles. The summed E-state index contributed by atoms with van der Waals surface area (Å²) < 4.78 is 5.53. The van der Waals surface area contributed by atoms with Gasteiger partial charge in [0.25, 0.3) is 0 Å². The van der Waals surface area contributed by atoms with E-state index in [0.717, 1.165) is 25.7 Å². The first-order chi connectivity index (χ1) is 29.0. The van der Waals surface area contributed by atoms with Crippen LogP contribution in [-0.2, 0) is 26.9 Å². The Kier molecular flexibility index (Phi) is 11.6. The van der Waals surface area contributed by atoms with E-state index < -0.39 is 11.9 Å². The van der Waals surface area contributed by atoms with Gasteiger partial charge in [-0.05, 0) is 25.7 Å². The van der Waals surface area contributed by atoms with Gasteiger partial charge in [-0.15, -0.1) is 20.5 Å². The predicted molar refractivity (Wildman–Crippen MR) is 222 cm³/mol. The smallest absolute Gasteiger partial charge is 0.341 e. The first-order valence-electron chi connectivity index (χ1n) is 19.1. The van der Waals surface area contributed by atoms with Gasteiger partial charge in [-0.3, -0.25) is 0 Å². The molecule has 0 amide bonds. The van der Waals surface area contributed by atoms with E-state index in [0.29, 0.717) is 35.4 Å². The molecule has 0 saturated heterocycles. The third kappa shape index (κ3) is 7.84. The molecule has 0 aliphatic rings. The Bertz CT molecular complexity index is 2560. The fourth-order valence-electron chi connectivity index (χ4n) is 6.55. The van der Waals surface area contributed by atoms with Crippen LogP contribution in [0.25, 0.3) is 34.2 Å². The third-order valence-corrected chi connectivity index (χ3v) is 9.58. The van der Waals surface area contributed by atoms with Crippen LogP contribution < -0.4 is 11.5 Å². The number of aryl methyl sites for hydroxylation is 4. The summed E-state index contributed by atoms with van der Waals surface area (Å²) in [6, 6.07) is 19.5. The number of azo groups is 2. The number of hydrogen-bond donors (Lipinski definition) is 4. The number of unbranched alkanes of at least 4 members (excludes halogenated alkanes) is 2. The Morgan fingerprint density at radius 1 is 0.617 bits per heavy atom. The molecule has 0 atom stereocenters. The number of hydrogen-bond acceptors (Lipinski definition) is 14. The van der Waals surface area contributed by atoms with Crippen LogP contribution in [-0.4, -0.2) is 71.2 Å². The van der Waals surface area contributed by atoms with Crippen molar-refractivity contribution in [2.45, 2.75) is 52.4 Å². The van der Waals surface area contributed by atoms with Crippen molar-refractivity contribution in [3.63, 3.8) is 0 Å². The summed E-state index contributed by atoms with van der Waals surface area (Å²) >= 11 is 0. The molecule has 2 aromatic carbocycles. The number of carboxylic acids is 2. The van der Waals surface area contributed by atoms with Gasteiger partial charge in [0.1, 0.15) is 28.8 Å². The number of nitrogen functional groups attached to an aromatic ring is 2. The molecule has 0 saturated carbocycles. The third-order valence-electron chi connectivity index (χ3n) is 9.58. The molecule has 0 fully saturated rings. The van der Waals surface area contributed by atoms with Crippen LogP contribution in [0.3, 0.4) is 0 Å². The summed E-state index contributed by atoms with van der Waals surface area (Å²) in [5, 5.41) is 56.4. The second kappa shape index (κ2) is 17.3. The van der Waals surface area contributed by atoms with Gasteiger partial charge >= 0.3 is 11.9 Å². The lowest BCUT2D eigenvalue weighted by atomic mass is 10.1. The first-order valence-corrected chi connectivity index (χ1v) is 19.1. The van der Waals surface area contributed by atoms with Crippen LogP contribution in [0.5, 0.6) is 0 Å². The molecule has 0 spiro atoms. The van der Waals surface area contributed by atoms with Crippen molar-refractivity contribution < 1.29 is 19.8 Å². The fraction of sp³-hybridized carbons (Fsp3) is 0.250. The summed E-state index contributed by atoms with van der Waals surface area (Å²) in [6.45, 7) is 4.08. The maximum absolute atomic E-state index is 12.5. The highest BCUT2D eigenvalue weighted by Crippen LogP contribution is 2.37. The minimum Gasteiger partial charge on any atom is -0.477 e. The lowest BCUT2D eigenvalue weighted by molar-refractivity contribution is 0.0687. The van der Waals surface area contributed by atoms with Crippen LogP contribution in [0, 0.1) is 0 Å². The Hall–Kier alpha value is -7.90. The van der Waals surface area contributed by atoms with Crippen molar-refractivity contribution in [1.29, 1.82) is 0 Å². The number of nitrogens with two attached hydrogens (primary N) is 2. The molecule has 0 aliphatic carbocycles. The molecule has 60 heavy (non-hydrogen) atoms. The maximum Gasteiger partial charge on any atom is 0.341 e. The Morgan fingerprint density at radius 2 is 1.02 bits per heavy atom. The molecule has 20 nitrogen and oxygen atoms in total. The number of nitrogens with zero attached hydrogens (tertiary/aromatic N) is 14. The summed E-state index contributed by atoms with van der Waals surface area (Å²) in [6.07, 6.45) is 5.56. The van der Waals surface area contributed by atoms with E-state index in [9.17, 15) is 19.8 Å². The number of rotatable bonds is 16.